The second-order valence-electron chi connectivity index (χ2n) is 2.53. The third-order valence-corrected chi connectivity index (χ3v) is 1.24. The van der Waals surface area contributed by atoms with E-state index in [1.165, 1.54) is 7.11 Å². The Labute approximate surface area is 67.6 Å². The topological polar surface area (TPSA) is 26.3 Å². The predicted octanol–water partition coefficient (Wildman–Crippen LogP) is 1.93. The molecule has 2 nitrogen and oxygen atoms in total. The van der Waals surface area contributed by atoms with Crippen molar-refractivity contribution in [2.24, 2.45) is 5.92 Å². The third kappa shape index (κ3) is 3.61. The first kappa shape index (κ1) is 9.95. The number of rotatable bonds is 3. The maximum Gasteiger partial charge on any atom is 0.316 e. The standard InChI is InChI=1S/C9H14O2/c1-5-8(6-7(2)3)9(10)11-4/h5-6,8H,1H2,2-4H3. The van der Waals surface area contributed by atoms with Crippen LogP contribution in [0.4, 0.5) is 0 Å². The molecule has 0 bridgehead atoms. The number of methoxy groups -OCH3 is 1. The van der Waals surface area contributed by atoms with Crippen molar-refractivity contribution >= 4 is 5.97 Å². The van der Waals surface area contributed by atoms with Crippen LogP contribution in [0.5, 0.6) is 0 Å². The van der Waals surface area contributed by atoms with Crippen molar-refractivity contribution < 1.29 is 9.53 Å². The summed E-state index contributed by atoms with van der Waals surface area (Å²) in [5.74, 6) is -0.564. The van der Waals surface area contributed by atoms with Crippen LogP contribution in [0, 0.1) is 5.92 Å². The maximum absolute atomic E-state index is 10.9. The molecule has 0 rings (SSSR count). The summed E-state index contributed by atoms with van der Waals surface area (Å²) in [7, 11) is 1.37. The summed E-state index contributed by atoms with van der Waals surface area (Å²) < 4.78 is 4.55. The fraction of sp³-hybridized carbons (Fsp3) is 0.444. The van der Waals surface area contributed by atoms with Gasteiger partial charge in [-0.25, -0.2) is 0 Å². The summed E-state index contributed by atoms with van der Waals surface area (Å²) >= 11 is 0. The van der Waals surface area contributed by atoms with E-state index in [2.05, 4.69) is 11.3 Å². The van der Waals surface area contributed by atoms with Crippen molar-refractivity contribution in [2.45, 2.75) is 13.8 Å². The minimum absolute atomic E-state index is 0.263. The van der Waals surface area contributed by atoms with E-state index in [1.54, 1.807) is 6.08 Å². The summed E-state index contributed by atoms with van der Waals surface area (Å²) in [5.41, 5.74) is 1.08. The number of allylic oxidation sites excluding steroid dienone is 1. The van der Waals surface area contributed by atoms with Crippen molar-refractivity contribution in [2.75, 3.05) is 7.11 Å². The summed E-state index contributed by atoms with van der Waals surface area (Å²) in [6, 6.07) is 0. The van der Waals surface area contributed by atoms with Gasteiger partial charge in [0.1, 0.15) is 0 Å². The molecule has 0 fully saturated rings. The second kappa shape index (κ2) is 4.72. The van der Waals surface area contributed by atoms with Crippen molar-refractivity contribution in [1.82, 2.24) is 0 Å². The molecule has 1 atom stereocenters. The average molecular weight is 154 g/mol. The molecule has 0 aliphatic carbocycles. The number of ether oxygens (including phenoxy) is 1. The predicted molar refractivity (Wildman–Crippen MR) is 45.1 cm³/mol. The highest BCUT2D eigenvalue weighted by molar-refractivity contribution is 5.76. The Balaban J connectivity index is 4.29. The Morgan fingerprint density at radius 2 is 2.09 bits per heavy atom. The van der Waals surface area contributed by atoms with Gasteiger partial charge in [0.25, 0.3) is 0 Å². The van der Waals surface area contributed by atoms with E-state index in [0.717, 1.165) is 5.57 Å². The molecular weight excluding hydrogens is 140 g/mol. The molecule has 2 heteroatoms. The molecular formula is C9H14O2. The molecule has 0 aliphatic rings. The molecule has 11 heavy (non-hydrogen) atoms. The van der Waals surface area contributed by atoms with Gasteiger partial charge in [-0.05, 0) is 13.8 Å². The van der Waals surface area contributed by atoms with E-state index in [0.29, 0.717) is 0 Å². The van der Waals surface area contributed by atoms with Crippen LogP contribution in [0.3, 0.4) is 0 Å². The molecule has 1 unspecified atom stereocenters. The maximum atomic E-state index is 10.9. The fourth-order valence-electron chi connectivity index (χ4n) is 0.728. The molecule has 0 amide bonds. The molecule has 0 spiro atoms. The number of hydrogen-bond acceptors (Lipinski definition) is 2. The Morgan fingerprint density at radius 3 is 2.36 bits per heavy atom. The minimum Gasteiger partial charge on any atom is -0.468 e. The van der Waals surface area contributed by atoms with Crippen LogP contribution >= 0.6 is 0 Å². The van der Waals surface area contributed by atoms with Gasteiger partial charge in [0.15, 0.2) is 0 Å². The van der Waals surface area contributed by atoms with E-state index in [-0.39, 0.29) is 11.9 Å². The first-order valence-corrected chi connectivity index (χ1v) is 3.47. The third-order valence-electron chi connectivity index (χ3n) is 1.24. The first-order chi connectivity index (χ1) is 5.11. The molecule has 0 heterocycles. The summed E-state index contributed by atoms with van der Waals surface area (Å²) in [5, 5.41) is 0. The van der Waals surface area contributed by atoms with Gasteiger partial charge in [-0.2, -0.15) is 0 Å². The van der Waals surface area contributed by atoms with Gasteiger partial charge in [0.2, 0.25) is 0 Å². The lowest BCUT2D eigenvalue weighted by atomic mass is 10.1. The molecule has 0 aromatic heterocycles. The van der Waals surface area contributed by atoms with E-state index in [9.17, 15) is 4.79 Å². The van der Waals surface area contributed by atoms with Crippen LogP contribution in [-0.4, -0.2) is 13.1 Å². The monoisotopic (exact) mass is 154 g/mol. The zero-order valence-corrected chi connectivity index (χ0v) is 7.26. The molecule has 0 saturated heterocycles. The molecule has 0 radical (unpaired) electrons. The Kier molecular flexibility index (Phi) is 4.27. The van der Waals surface area contributed by atoms with Gasteiger partial charge >= 0.3 is 5.97 Å². The van der Waals surface area contributed by atoms with Gasteiger partial charge in [0, 0.05) is 0 Å². The van der Waals surface area contributed by atoms with Crippen LogP contribution in [0.1, 0.15) is 13.8 Å². The van der Waals surface area contributed by atoms with Crippen molar-refractivity contribution in [3.8, 4) is 0 Å². The van der Waals surface area contributed by atoms with E-state index in [4.69, 9.17) is 0 Å². The highest BCUT2D eigenvalue weighted by atomic mass is 16.5. The smallest absolute Gasteiger partial charge is 0.316 e. The van der Waals surface area contributed by atoms with Gasteiger partial charge in [-0.3, -0.25) is 4.79 Å². The summed E-state index contributed by atoms with van der Waals surface area (Å²) in [6.45, 7) is 7.40. The lowest BCUT2D eigenvalue weighted by Gasteiger charge is -2.04. The molecule has 0 aliphatic heterocycles. The largest absolute Gasteiger partial charge is 0.468 e. The Morgan fingerprint density at radius 1 is 1.55 bits per heavy atom. The van der Waals surface area contributed by atoms with E-state index in [1.807, 2.05) is 19.9 Å². The molecule has 0 aromatic rings. The molecule has 0 N–H and O–H groups in total. The van der Waals surface area contributed by atoms with Gasteiger partial charge in [0.05, 0.1) is 13.0 Å². The van der Waals surface area contributed by atoms with Crippen LogP contribution in [0.25, 0.3) is 0 Å². The highest BCUT2D eigenvalue weighted by Gasteiger charge is 2.10. The number of carbonyl (C=O) groups excluding carboxylic acids is 1. The lowest BCUT2D eigenvalue weighted by Crippen LogP contribution is -2.11. The van der Waals surface area contributed by atoms with E-state index < -0.39 is 0 Å². The number of esters is 1. The second-order valence-corrected chi connectivity index (χ2v) is 2.53. The van der Waals surface area contributed by atoms with Crippen LogP contribution in [0.15, 0.2) is 24.3 Å². The zero-order chi connectivity index (χ0) is 8.85. The van der Waals surface area contributed by atoms with Crippen molar-refractivity contribution in [3.05, 3.63) is 24.3 Å². The van der Waals surface area contributed by atoms with Gasteiger partial charge < -0.3 is 4.74 Å². The van der Waals surface area contributed by atoms with Crippen molar-refractivity contribution in [1.29, 1.82) is 0 Å². The quantitative estimate of drug-likeness (QED) is 0.458. The van der Waals surface area contributed by atoms with Crippen LogP contribution in [0.2, 0.25) is 0 Å². The van der Waals surface area contributed by atoms with Crippen molar-refractivity contribution in [3.63, 3.8) is 0 Å². The van der Waals surface area contributed by atoms with Crippen LogP contribution in [-0.2, 0) is 9.53 Å². The zero-order valence-electron chi connectivity index (χ0n) is 7.26. The Bertz CT molecular complexity index is 176. The number of carbonyl (C=O) groups is 1. The SMILES string of the molecule is C=CC(C=C(C)C)C(=O)OC. The fourth-order valence-corrected chi connectivity index (χ4v) is 0.728. The van der Waals surface area contributed by atoms with Gasteiger partial charge in [-0.1, -0.05) is 17.7 Å². The highest BCUT2D eigenvalue weighted by Crippen LogP contribution is 2.05. The number of hydrogen-bond donors (Lipinski definition) is 0. The van der Waals surface area contributed by atoms with Gasteiger partial charge in [-0.15, -0.1) is 6.58 Å². The van der Waals surface area contributed by atoms with E-state index >= 15 is 0 Å². The summed E-state index contributed by atoms with van der Waals surface area (Å²) in [6.07, 6.45) is 3.39. The van der Waals surface area contributed by atoms with Crippen LogP contribution < -0.4 is 0 Å². The normalized spacial score (nSPS) is 11.5. The molecule has 0 saturated carbocycles. The minimum atomic E-state index is -0.301. The first-order valence-electron chi connectivity index (χ1n) is 3.47. The Hall–Kier alpha value is -1.05. The average Bonchev–Trinajstić information content (AvgIpc) is 1.98. The lowest BCUT2D eigenvalue weighted by molar-refractivity contribution is -0.142. The molecule has 0 aromatic carbocycles. The summed E-state index contributed by atoms with van der Waals surface area (Å²) in [4.78, 5) is 10.9. The molecule has 62 valence electrons.